The first-order valence-electron chi connectivity index (χ1n) is 15.3. The van der Waals surface area contributed by atoms with Crippen LogP contribution in [0.25, 0.3) is 0 Å². The number of carbonyl (C=O) groups excluding carboxylic acids is 4. The van der Waals surface area contributed by atoms with Crippen molar-refractivity contribution in [2.45, 2.75) is 89.1 Å². The first kappa shape index (κ1) is 32.4. The van der Waals surface area contributed by atoms with Crippen LogP contribution in [-0.2, 0) is 30.4 Å². The molecule has 3 saturated heterocycles. The number of hydrogen-bond donors (Lipinski definition) is 4. The summed E-state index contributed by atoms with van der Waals surface area (Å²) in [5.41, 5.74) is 0.767. The molecule has 12 heteroatoms. The summed E-state index contributed by atoms with van der Waals surface area (Å²) in [5, 5.41) is 18.4. The number of benzene rings is 1. The zero-order chi connectivity index (χ0) is 31.3. The van der Waals surface area contributed by atoms with E-state index in [0.717, 1.165) is 37.9 Å². The summed E-state index contributed by atoms with van der Waals surface area (Å²) in [4.78, 5) is 68.7. The van der Waals surface area contributed by atoms with Gasteiger partial charge in [-0.25, -0.2) is 4.79 Å². The van der Waals surface area contributed by atoms with Gasteiger partial charge in [0.15, 0.2) is 0 Å². The van der Waals surface area contributed by atoms with Crippen LogP contribution < -0.4 is 16.0 Å². The van der Waals surface area contributed by atoms with Gasteiger partial charge in [-0.05, 0) is 50.6 Å². The van der Waals surface area contributed by atoms with Gasteiger partial charge in [-0.1, -0.05) is 44.2 Å². The summed E-state index contributed by atoms with van der Waals surface area (Å²) in [5.74, 6) is -2.07. The molecule has 1 aromatic carbocycles. The minimum Gasteiger partial charge on any atom is -0.480 e. The Labute approximate surface area is 253 Å². The summed E-state index contributed by atoms with van der Waals surface area (Å²) in [6.45, 7) is 7.40. The van der Waals surface area contributed by atoms with E-state index < -0.39 is 35.8 Å². The van der Waals surface area contributed by atoms with Crippen molar-refractivity contribution in [1.29, 1.82) is 0 Å². The Bertz CT molecular complexity index is 1180. The largest absolute Gasteiger partial charge is 0.480 e. The summed E-state index contributed by atoms with van der Waals surface area (Å²) >= 11 is 0. The SMILES string of the molecule is CC(C)C[C@H]1N[C@@H]1CN1CCCC1C(=O)N(C)CC(=O)N[C@@H]1CC(C)N(CC(=O)N[C@H](Cc2ccccc2)C(=O)O)C1=O. The van der Waals surface area contributed by atoms with Crippen molar-refractivity contribution >= 4 is 29.6 Å². The molecule has 3 heterocycles. The van der Waals surface area contributed by atoms with Crippen molar-refractivity contribution in [3.8, 4) is 0 Å². The molecule has 2 unspecified atom stereocenters. The molecule has 6 atom stereocenters. The highest BCUT2D eigenvalue weighted by molar-refractivity contribution is 5.94. The van der Waals surface area contributed by atoms with E-state index >= 15 is 0 Å². The average molecular weight is 599 g/mol. The van der Waals surface area contributed by atoms with Crippen molar-refractivity contribution in [2.24, 2.45) is 5.92 Å². The van der Waals surface area contributed by atoms with Crippen molar-refractivity contribution in [2.75, 3.05) is 33.2 Å². The molecule has 1 aromatic rings. The van der Waals surface area contributed by atoms with E-state index in [1.807, 2.05) is 6.07 Å². The number of likely N-dealkylation sites (N-methyl/N-ethyl adjacent to an activating group) is 1. The van der Waals surface area contributed by atoms with Crippen LogP contribution in [0.2, 0.25) is 0 Å². The molecule has 12 nitrogen and oxygen atoms in total. The van der Waals surface area contributed by atoms with Crippen molar-refractivity contribution in [3.05, 3.63) is 35.9 Å². The molecule has 0 aliphatic carbocycles. The second-order valence-electron chi connectivity index (χ2n) is 12.7. The highest BCUT2D eigenvalue weighted by Gasteiger charge is 2.42. The molecule has 236 valence electrons. The second kappa shape index (κ2) is 14.3. The third-order valence-electron chi connectivity index (χ3n) is 8.62. The van der Waals surface area contributed by atoms with Crippen LogP contribution in [0.1, 0.15) is 52.0 Å². The lowest BCUT2D eigenvalue weighted by molar-refractivity contribution is -0.142. The van der Waals surface area contributed by atoms with E-state index in [4.69, 9.17) is 0 Å². The Morgan fingerprint density at radius 1 is 1.12 bits per heavy atom. The van der Waals surface area contributed by atoms with Crippen molar-refractivity contribution < 1.29 is 29.1 Å². The number of hydrogen-bond acceptors (Lipinski definition) is 7. The number of nitrogens with zero attached hydrogens (tertiary/aromatic N) is 3. The molecule has 43 heavy (non-hydrogen) atoms. The van der Waals surface area contributed by atoms with Crippen LogP contribution in [0.15, 0.2) is 30.3 Å². The van der Waals surface area contributed by atoms with Gasteiger partial charge in [0.1, 0.15) is 12.1 Å². The van der Waals surface area contributed by atoms with Gasteiger partial charge in [0.05, 0.1) is 19.1 Å². The van der Waals surface area contributed by atoms with E-state index in [2.05, 4.69) is 34.7 Å². The lowest BCUT2D eigenvalue weighted by Gasteiger charge is -2.28. The first-order valence-corrected chi connectivity index (χ1v) is 15.3. The van der Waals surface area contributed by atoms with Gasteiger partial charge in [0.2, 0.25) is 23.6 Å². The van der Waals surface area contributed by atoms with E-state index in [9.17, 15) is 29.1 Å². The highest BCUT2D eigenvalue weighted by atomic mass is 16.4. The van der Waals surface area contributed by atoms with Gasteiger partial charge in [0.25, 0.3) is 0 Å². The number of carboxylic acid groups (broad SMARTS) is 1. The van der Waals surface area contributed by atoms with Crippen LogP contribution in [0.4, 0.5) is 0 Å². The topological polar surface area (TPSA) is 161 Å². The highest BCUT2D eigenvalue weighted by Crippen LogP contribution is 2.26. The molecule has 0 bridgehead atoms. The Kier molecular flexibility index (Phi) is 10.8. The van der Waals surface area contributed by atoms with Crippen LogP contribution in [-0.4, -0.2) is 119 Å². The Balaban J connectivity index is 1.23. The Hall–Kier alpha value is -3.51. The Morgan fingerprint density at radius 3 is 2.51 bits per heavy atom. The fraction of sp³-hybridized carbons (Fsp3) is 0.645. The lowest BCUT2D eigenvalue weighted by atomic mass is 10.1. The van der Waals surface area contributed by atoms with Crippen LogP contribution in [0.3, 0.4) is 0 Å². The molecular weight excluding hydrogens is 552 g/mol. The predicted octanol–water partition coefficient (Wildman–Crippen LogP) is 0.213. The third kappa shape index (κ3) is 8.76. The minimum atomic E-state index is -1.16. The normalized spacial score (nSPS) is 25.9. The summed E-state index contributed by atoms with van der Waals surface area (Å²) in [6.07, 6.45) is 3.25. The molecule has 0 radical (unpaired) electrons. The van der Waals surface area contributed by atoms with E-state index in [1.54, 1.807) is 38.2 Å². The maximum absolute atomic E-state index is 13.3. The van der Waals surface area contributed by atoms with Gasteiger partial charge in [-0.2, -0.15) is 0 Å². The molecule has 0 saturated carbocycles. The molecular formula is C31H46N6O6. The minimum absolute atomic E-state index is 0.0957. The fourth-order valence-corrected chi connectivity index (χ4v) is 6.29. The van der Waals surface area contributed by atoms with Crippen molar-refractivity contribution in [3.63, 3.8) is 0 Å². The number of carboxylic acids is 1. The van der Waals surface area contributed by atoms with E-state index in [0.29, 0.717) is 24.4 Å². The summed E-state index contributed by atoms with van der Waals surface area (Å²) in [6, 6.07) is 7.35. The fourth-order valence-electron chi connectivity index (χ4n) is 6.29. The molecule has 4 amide bonds. The average Bonchev–Trinajstić information content (AvgIpc) is 3.38. The number of likely N-dealkylation sites (tertiary alicyclic amines) is 2. The van der Waals surface area contributed by atoms with Gasteiger partial charge in [-0.15, -0.1) is 0 Å². The summed E-state index contributed by atoms with van der Waals surface area (Å²) < 4.78 is 0. The summed E-state index contributed by atoms with van der Waals surface area (Å²) in [7, 11) is 1.61. The third-order valence-corrected chi connectivity index (χ3v) is 8.62. The molecule has 0 spiro atoms. The van der Waals surface area contributed by atoms with Crippen LogP contribution in [0, 0.1) is 5.92 Å². The molecule has 3 aliphatic rings. The molecule has 0 aromatic heterocycles. The molecule has 3 aliphatic heterocycles. The van der Waals surface area contributed by atoms with Crippen LogP contribution >= 0.6 is 0 Å². The zero-order valence-corrected chi connectivity index (χ0v) is 25.6. The molecule has 3 fully saturated rings. The van der Waals surface area contributed by atoms with E-state index in [-0.39, 0.29) is 37.5 Å². The maximum atomic E-state index is 13.3. The second-order valence-corrected chi connectivity index (χ2v) is 12.7. The van der Waals surface area contributed by atoms with Gasteiger partial charge in [0, 0.05) is 38.1 Å². The zero-order valence-electron chi connectivity index (χ0n) is 25.6. The lowest BCUT2D eigenvalue weighted by Crippen LogP contribution is -2.51. The maximum Gasteiger partial charge on any atom is 0.326 e. The number of aliphatic carboxylic acids is 1. The van der Waals surface area contributed by atoms with Crippen molar-refractivity contribution in [1.82, 2.24) is 30.7 Å². The standard InChI is InChI=1S/C31H46N6O6/c1-19(2)13-22-25(32-22)16-36-12-8-11-26(36)30(41)35(4)17-27(38)33-23-14-20(3)37(29(23)40)18-28(39)34-24(31(42)43)15-21-9-6-5-7-10-21/h5-7,9-10,19-20,22-26,32H,8,11-18H2,1-4H3,(H,33,38)(H,34,39)(H,42,43)/t20?,22-,23-,24-,25-,26?/m1/s1. The van der Waals surface area contributed by atoms with E-state index in [1.165, 1.54) is 9.80 Å². The quantitative estimate of drug-likeness (QED) is 0.221. The smallest absolute Gasteiger partial charge is 0.326 e. The number of carbonyl (C=O) groups is 5. The van der Waals surface area contributed by atoms with Gasteiger partial charge < -0.3 is 30.9 Å². The number of amides is 4. The monoisotopic (exact) mass is 598 g/mol. The number of nitrogens with one attached hydrogen (secondary N) is 3. The van der Waals surface area contributed by atoms with Crippen LogP contribution in [0.5, 0.6) is 0 Å². The molecule has 4 N–H and O–H groups in total. The first-order chi connectivity index (χ1) is 20.4. The Morgan fingerprint density at radius 2 is 1.84 bits per heavy atom. The number of rotatable bonds is 14. The van der Waals surface area contributed by atoms with Gasteiger partial charge >= 0.3 is 5.97 Å². The predicted molar refractivity (Wildman–Crippen MR) is 160 cm³/mol. The van der Waals surface area contributed by atoms with Gasteiger partial charge in [-0.3, -0.25) is 24.1 Å². The molecule has 4 rings (SSSR count).